The van der Waals surface area contributed by atoms with E-state index in [-0.39, 0.29) is 6.10 Å². The lowest BCUT2D eigenvalue weighted by Gasteiger charge is -2.29. The van der Waals surface area contributed by atoms with E-state index in [2.05, 4.69) is 34.4 Å². The molecular weight excluding hydrogens is 530 g/mol. The number of ether oxygens (including phenoxy) is 1. The zero-order valence-corrected chi connectivity index (χ0v) is 24.2. The molecule has 1 fully saturated rings. The SMILES string of the molecule is CC(C)Oc1cc(C2CCN(C)CC2)ccc1Nc1ncc2sc(C(N)=O)c(-c3ccccc3[S+](C)[O-])c2n1. The Labute approximate surface area is 235 Å². The second kappa shape index (κ2) is 11.5. The molecule has 1 aliphatic rings. The van der Waals surface area contributed by atoms with Gasteiger partial charge in [0.25, 0.3) is 5.91 Å². The van der Waals surface area contributed by atoms with E-state index < -0.39 is 17.1 Å². The number of hydrogen-bond acceptors (Lipinski definition) is 8. The zero-order valence-electron chi connectivity index (χ0n) is 22.6. The van der Waals surface area contributed by atoms with Gasteiger partial charge in [0.1, 0.15) is 16.9 Å². The maximum absolute atomic E-state index is 12.5. The third-order valence-electron chi connectivity index (χ3n) is 6.93. The number of primary amides is 1. The predicted octanol–water partition coefficient (Wildman–Crippen LogP) is 5.53. The molecule has 0 aliphatic carbocycles. The fraction of sp³-hybridized carbons (Fsp3) is 0.345. The van der Waals surface area contributed by atoms with Gasteiger partial charge >= 0.3 is 0 Å². The Morgan fingerprint density at radius 3 is 2.67 bits per heavy atom. The molecule has 8 nitrogen and oxygen atoms in total. The molecule has 0 saturated carbocycles. The minimum Gasteiger partial charge on any atom is -0.612 e. The molecule has 204 valence electrons. The van der Waals surface area contributed by atoms with Crippen LogP contribution in [0.25, 0.3) is 21.3 Å². The fourth-order valence-electron chi connectivity index (χ4n) is 5.01. The second-order valence-electron chi connectivity index (χ2n) is 10.2. The number of nitrogens with one attached hydrogen (secondary N) is 1. The monoisotopic (exact) mass is 563 g/mol. The zero-order chi connectivity index (χ0) is 27.7. The van der Waals surface area contributed by atoms with Crippen LogP contribution in [0.15, 0.2) is 53.6 Å². The van der Waals surface area contributed by atoms with Gasteiger partial charge in [0.15, 0.2) is 4.90 Å². The number of fused-ring (bicyclic) bond motifs is 1. The Morgan fingerprint density at radius 1 is 1.23 bits per heavy atom. The summed E-state index contributed by atoms with van der Waals surface area (Å²) < 4.78 is 19.4. The topological polar surface area (TPSA) is 116 Å². The van der Waals surface area contributed by atoms with Crippen LogP contribution in [0.4, 0.5) is 11.6 Å². The second-order valence-corrected chi connectivity index (χ2v) is 12.6. The summed E-state index contributed by atoms with van der Waals surface area (Å²) in [6, 6.07) is 13.6. The molecular formula is C29H33N5O3S2. The summed E-state index contributed by atoms with van der Waals surface area (Å²) in [5.74, 6) is 1.06. The molecule has 0 spiro atoms. The fourth-order valence-corrected chi connectivity index (χ4v) is 6.74. The van der Waals surface area contributed by atoms with E-state index in [4.69, 9.17) is 15.5 Å². The third-order valence-corrected chi connectivity index (χ3v) is 9.03. The number of thiophene rings is 1. The number of amides is 1. The molecule has 1 aliphatic heterocycles. The van der Waals surface area contributed by atoms with Gasteiger partial charge in [0, 0.05) is 11.1 Å². The van der Waals surface area contributed by atoms with Gasteiger partial charge in [-0.15, -0.1) is 11.3 Å². The molecule has 2 aromatic carbocycles. The van der Waals surface area contributed by atoms with Crippen molar-refractivity contribution >= 4 is 50.3 Å². The first kappa shape index (κ1) is 27.4. The summed E-state index contributed by atoms with van der Waals surface area (Å²) in [5.41, 5.74) is 9.64. The smallest absolute Gasteiger partial charge is 0.259 e. The molecule has 1 atom stereocenters. The summed E-state index contributed by atoms with van der Waals surface area (Å²) in [6.45, 7) is 6.19. The van der Waals surface area contributed by atoms with Crippen molar-refractivity contribution in [3.63, 3.8) is 0 Å². The van der Waals surface area contributed by atoms with Crippen LogP contribution in [-0.2, 0) is 11.2 Å². The van der Waals surface area contributed by atoms with Crippen molar-refractivity contribution in [1.29, 1.82) is 0 Å². The maximum atomic E-state index is 12.5. The van der Waals surface area contributed by atoms with Crippen molar-refractivity contribution in [1.82, 2.24) is 14.9 Å². The summed E-state index contributed by atoms with van der Waals surface area (Å²) >= 11 is -0.0304. The average molecular weight is 564 g/mol. The van der Waals surface area contributed by atoms with Crippen molar-refractivity contribution in [3.8, 4) is 16.9 Å². The van der Waals surface area contributed by atoms with E-state index in [9.17, 15) is 9.35 Å². The first-order chi connectivity index (χ1) is 18.7. The van der Waals surface area contributed by atoms with Crippen LogP contribution in [-0.4, -0.2) is 57.8 Å². The molecule has 3 heterocycles. The molecule has 4 aromatic rings. The Bertz CT molecular complexity index is 1500. The van der Waals surface area contributed by atoms with E-state index in [1.54, 1.807) is 18.5 Å². The third kappa shape index (κ3) is 5.89. The van der Waals surface area contributed by atoms with Gasteiger partial charge in [-0.1, -0.05) is 18.2 Å². The van der Waals surface area contributed by atoms with Crippen LogP contribution in [0.5, 0.6) is 5.75 Å². The molecule has 2 aromatic heterocycles. The number of aromatic nitrogens is 2. The van der Waals surface area contributed by atoms with Gasteiger partial charge in [0.2, 0.25) is 5.95 Å². The van der Waals surface area contributed by atoms with Crippen LogP contribution in [0.3, 0.4) is 0 Å². The number of hydrogen-bond donors (Lipinski definition) is 2. The molecule has 0 bridgehead atoms. The van der Waals surface area contributed by atoms with Crippen molar-refractivity contribution in [3.05, 3.63) is 59.1 Å². The van der Waals surface area contributed by atoms with Gasteiger partial charge in [0.05, 0.1) is 28.2 Å². The number of carbonyl (C=O) groups is 1. The number of rotatable bonds is 8. The summed E-state index contributed by atoms with van der Waals surface area (Å²) in [6.07, 6.45) is 5.54. The van der Waals surface area contributed by atoms with Crippen LogP contribution in [0.1, 0.15) is 47.8 Å². The van der Waals surface area contributed by atoms with Gasteiger partial charge in [-0.3, -0.25) is 4.79 Å². The van der Waals surface area contributed by atoms with Crippen molar-refractivity contribution in [2.75, 3.05) is 31.7 Å². The standard InChI is InChI=1S/C29H33N5O3S2/c1-17(2)37-22-15-19(18-11-13-34(3)14-12-18)9-10-21(22)32-29-31-16-23-26(33-29)25(27(38-23)28(30)35)20-7-5-6-8-24(20)39(4)36/h5-10,15-18H,11-14H2,1-4H3,(H2,30,35)(H,31,32,33). The van der Waals surface area contributed by atoms with Crippen LogP contribution in [0, 0.1) is 0 Å². The Morgan fingerprint density at radius 2 is 1.97 bits per heavy atom. The highest BCUT2D eigenvalue weighted by molar-refractivity contribution is 7.90. The van der Waals surface area contributed by atoms with Crippen LogP contribution < -0.4 is 15.8 Å². The minimum atomic E-state index is -1.27. The van der Waals surface area contributed by atoms with Gasteiger partial charge < -0.3 is 25.2 Å². The van der Waals surface area contributed by atoms with Crippen LogP contribution >= 0.6 is 11.3 Å². The first-order valence-electron chi connectivity index (χ1n) is 13.0. The average Bonchev–Trinajstić information content (AvgIpc) is 3.29. The van der Waals surface area contributed by atoms with E-state index in [0.717, 1.165) is 42.1 Å². The van der Waals surface area contributed by atoms with Gasteiger partial charge in [-0.25, -0.2) is 9.97 Å². The van der Waals surface area contributed by atoms with E-state index >= 15 is 0 Å². The molecule has 0 radical (unpaired) electrons. The minimum absolute atomic E-state index is 0.00490. The van der Waals surface area contributed by atoms with Crippen molar-refractivity contribution < 1.29 is 14.1 Å². The highest BCUT2D eigenvalue weighted by atomic mass is 32.2. The van der Waals surface area contributed by atoms with Gasteiger partial charge in [-0.2, -0.15) is 0 Å². The summed E-state index contributed by atoms with van der Waals surface area (Å²) in [7, 11) is 2.17. The first-order valence-corrected chi connectivity index (χ1v) is 15.4. The largest absolute Gasteiger partial charge is 0.612 e. The molecule has 10 heteroatoms. The van der Waals surface area contributed by atoms with Crippen LogP contribution in [0.2, 0.25) is 0 Å². The molecule has 39 heavy (non-hydrogen) atoms. The lowest BCUT2D eigenvalue weighted by atomic mass is 9.89. The highest BCUT2D eigenvalue weighted by Gasteiger charge is 2.25. The maximum Gasteiger partial charge on any atom is 0.259 e. The van der Waals surface area contributed by atoms with E-state index in [1.807, 2.05) is 38.1 Å². The van der Waals surface area contributed by atoms with E-state index in [1.165, 1.54) is 16.9 Å². The quantitative estimate of drug-likeness (QED) is 0.271. The molecule has 1 unspecified atom stereocenters. The lowest BCUT2D eigenvalue weighted by Crippen LogP contribution is -2.29. The number of piperidine rings is 1. The highest BCUT2D eigenvalue weighted by Crippen LogP contribution is 2.41. The number of carbonyl (C=O) groups excluding carboxylic acids is 1. The van der Waals surface area contributed by atoms with Crippen molar-refractivity contribution in [2.24, 2.45) is 5.73 Å². The van der Waals surface area contributed by atoms with Crippen molar-refractivity contribution in [2.45, 2.75) is 43.6 Å². The summed E-state index contributed by atoms with van der Waals surface area (Å²) in [4.78, 5) is 25.1. The lowest BCUT2D eigenvalue weighted by molar-refractivity contribution is 0.100. The number of nitrogens with two attached hydrogens (primary N) is 1. The predicted molar refractivity (Wildman–Crippen MR) is 159 cm³/mol. The van der Waals surface area contributed by atoms with Gasteiger partial charge in [-0.05, 0) is 93.7 Å². The number of anilines is 2. The molecule has 3 N–H and O–H groups in total. The Balaban J connectivity index is 1.55. The number of likely N-dealkylation sites (tertiary alicyclic amines) is 1. The molecule has 1 saturated heterocycles. The summed E-state index contributed by atoms with van der Waals surface area (Å²) in [5, 5.41) is 3.33. The number of benzene rings is 2. The number of nitrogens with zero attached hydrogens (tertiary/aromatic N) is 3. The van der Waals surface area contributed by atoms with E-state index in [0.29, 0.717) is 38.3 Å². The Hall–Kier alpha value is -3.18. The normalized spacial score (nSPS) is 15.5. The molecule has 5 rings (SSSR count). The Kier molecular flexibility index (Phi) is 8.08. The molecule has 1 amide bonds.